The van der Waals surface area contributed by atoms with Crippen LogP contribution in [0.3, 0.4) is 0 Å². The lowest BCUT2D eigenvalue weighted by Crippen LogP contribution is -2.36. The first-order valence-corrected chi connectivity index (χ1v) is 7.11. The molecule has 0 unspecified atom stereocenters. The van der Waals surface area contributed by atoms with Crippen LogP contribution in [0.25, 0.3) is 0 Å². The molecule has 5 heteroatoms. The summed E-state index contributed by atoms with van der Waals surface area (Å²) in [6.45, 7) is 6.07. The Hall–Kier alpha value is -2.04. The summed E-state index contributed by atoms with van der Waals surface area (Å²) in [5.41, 5.74) is 2.24. The van der Waals surface area contributed by atoms with Gasteiger partial charge in [-0.2, -0.15) is 0 Å². The van der Waals surface area contributed by atoms with Crippen molar-refractivity contribution in [1.29, 1.82) is 0 Å². The fraction of sp³-hybridized carbons (Fsp3) is 0.500. The van der Waals surface area contributed by atoms with E-state index in [0.29, 0.717) is 13.0 Å². The Morgan fingerprint density at radius 1 is 1.33 bits per heavy atom. The second-order valence-electron chi connectivity index (χ2n) is 6.20. The van der Waals surface area contributed by atoms with E-state index in [9.17, 15) is 9.59 Å². The smallest absolute Gasteiger partial charge is 0.414 e. The average Bonchev–Trinajstić information content (AvgIpc) is 2.78. The summed E-state index contributed by atoms with van der Waals surface area (Å²) in [4.78, 5) is 24.7. The first-order valence-electron chi connectivity index (χ1n) is 7.11. The standard InChI is InChI=1S/C16H21NO4/c1-16(2,3)21-15(20)17-10-9-12-6-4-5-11(14(12)17)7-8-13(18)19/h4-6H,7-10H2,1-3H3,(H,18,19). The van der Waals surface area contributed by atoms with Gasteiger partial charge in [0.2, 0.25) is 0 Å². The summed E-state index contributed by atoms with van der Waals surface area (Å²) in [6, 6.07) is 5.77. The SMILES string of the molecule is CC(C)(C)OC(=O)N1CCc2cccc(CCC(=O)O)c21. The number of fused-ring (bicyclic) bond motifs is 1. The lowest BCUT2D eigenvalue weighted by Gasteiger charge is -2.26. The molecule has 114 valence electrons. The maximum Gasteiger partial charge on any atom is 0.414 e. The average molecular weight is 291 g/mol. The molecule has 1 heterocycles. The highest BCUT2D eigenvalue weighted by Crippen LogP contribution is 2.33. The van der Waals surface area contributed by atoms with Crippen LogP contribution in [0.4, 0.5) is 10.5 Å². The molecule has 0 bridgehead atoms. The van der Waals surface area contributed by atoms with Gasteiger partial charge in [0.05, 0.1) is 5.69 Å². The number of aliphatic carboxylic acids is 1. The van der Waals surface area contributed by atoms with Crippen molar-refractivity contribution in [3.63, 3.8) is 0 Å². The van der Waals surface area contributed by atoms with Crippen molar-refractivity contribution in [1.82, 2.24) is 0 Å². The summed E-state index contributed by atoms with van der Waals surface area (Å²) in [5.74, 6) is -0.839. The molecule has 2 rings (SSSR count). The van der Waals surface area contributed by atoms with E-state index in [2.05, 4.69) is 0 Å². The van der Waals surface area contributed by atoms with E-state index < -0.39 is 11.6 Å². The molecule has 0 saturated carbocycles. The number of carbonyl (C=O) groups excluding carboxylic acids is 1. The van der Waals surface area contributed by atoms with Crippen molar-refractivity contribution in [3.8, 4) is 0 Å². The highest BCUT2D eigenvalue weighted by molar-refractivity contribution is 5.91. The lowest BCUT2D eigenvalue weighted by atomic mass is 10.0. The molecule has 1 aromatic rings. The largest absolute Gasteiger partial charge is 0.481 e. The molecule has 21 heavy (non-hydrogen) atoms. The van der Waals surface area contributed by atoms with Crippen molar-refractivity contribution >= 4 is 17.7 Å². The number of benzene rings is 1. The van der Waals surface area contributed by atoms with Crippen LogP contribution in [0.1, 0.15) is 38.3 Å². The van der Waals surface area contributed by atoms with E-state index in [1.807, 2.05) is 39.0 Å². The summed E-state index contributed by atoms with van der Waals surface area (Å²) < 4.78 is 5.43. The maximum atomic E-state index is 12.3. The Bertz CT molecular complexity index is 560. The van der Waals surface area contributed by atoms with E-state index >= 15 is 0 Å². The predicted molar refractivity (Wildman–Crippen MR) is 79.7 cm³/mol. The van der Waals surface area contributed by atoms with Gasteiger partial charge < -0.3 is 9.84 Å². The third kappa shape index (κ3) is 3.74. The summed E-state index contributed by atoms with van der Waals surface area (Å²) in [7, 11) is 0. The van der Waals surface area contributed by atoms with Gasteiger partial charge in [-0.05, 0) is 44.7 Å². The summed E-state index contributed by atoms with van der Waals surface area (Å²) >= 11 is 0. The minimum atomic E-state index is -0.839. The van der Waals surface area contributed by atoms with E-state index in [1.54, 1.807) is 4.90 Å². The number of hydrogen-bond acceptors (Lipinski definition) is 3. The van der Waals surface area contributed by atoms with Gasteiger partial charge in [0.15, 0.2) is 0 Å². The predicted octanol–water partition coefficient (Wildman–Crippen LogP) is 3.00. The number of nitrogens with zero attached hydrogens (tertiary/aromatic N) is 1. The molecule has 0 aromatic heterocycles. The number of aryl methyl sites for hydroxylation is 1. The van der Waals surface area contributed by atoms with Gasteiger partial charge in [-0.25, -0.2) is 4.79 Å². The molecule has 0 fully saturated rings. The van der Waals surface area contributed by atoms with Crippen LogP contribution < -0.4 is 4.90 Å². The number of anilines is 1. The molecule has 0 saturated heterocycles. The Morgan fingerprint density at radius 3 is 2.67 bits per heavy atom. The van der Waals surface area contributed by atoms with E-state index in [1.165, 1.54) is 0 Å². The van der Waals surface area contributed by atoms with Crippen LogP contribution in [0.5, 0.6) is 0 Å². The molecule has 0 radical (unpaired) electrons. The number of carbonyl (C=O) groups is 2. The molecular weight excluding hydrogens is 270 g/mol. The number of rotatable bonds is 3. The maximum absolute atomic E-state index is 12.3. The Labute approximate surface area is 124 Å². The first kappa shape index (κ1) is 15.4. The van der Waals surface area contributed by atoms with Crippen LogP contribution in [0.15, 0.2) is 18.2 Å². The van der Waals surface area contributed by atoms with Crippen LogP contribution in [0.2, 0.25) is 0 Å². The van der Waals surface area contributed by atoms with E-state index in [4.69, 9.17) is 9.84 Å². The monoisotopic (exact) mass is 291 g/mol. The zero-order valence-corrected chi connectivity index (χ0v) is 12.7. The number of carboxylic acids is 1. The van der Waals surface area contributed by atoms with Crippen molar-refractivity contribution in [2.75, 3.05) is 11.4 Å². The summed E-state index contributed by atoms with van der Waals surface area (Å²) in [5, 5.41) is 8.85. The number of para-hydroxylation sites is 1. The molecule has 1 aromatic carbocycles. The van der Waals surface area contributed by atoms with Crippen LogP contribution >= 0.6 is 0 Å². The van der Waals surface area contributed by atoms with Gasteiger partial charge in [-0.3, -0.25) is 9.69 Å². The second-order valence-corrected chi connectivity index (χ2v) is 6.20. The molecule has 1 N–H and O–H groups in total. The molecule has 5 nitrogen and oxygen atoms in total. The minimum absolute atomic E-state index is 0.0542. The van der Waals surface area contributed by atoms with Gasteiger partial charge in [0.1, 0.15) is 5.60 Å². The molecule has 0 spiro atoms. The van der Waals surface area contributed by atoms with Crippen LogP contribution in [-0.2, 0) is 22.4 Å². The third-order valence-corrected chi connectivity index (χ3v) is 3.30. The highest BCUT2D eigenvalue weighted by atomic mass is 16.6. The second kappa shape index (κ2) is 5.76. The van der Waals surface area contributed by atoms with Gasteiger partial charge in [0.25, 0.3) is 0 Å². The van der Waals surface area contributed by atoms with Gasteiger partial charge in [-0.1, -0.05) is 18.2 Å². The number of hydrogen-bond donors (Lipinski definition) is 1. The first-order chi connectivity index (χ1) is 9.78. The highest BCUT2D eigenvalue weighted by Gasteiger charge is 2.30. The van der Waals surface area contributed by atoms with Crippen LogP contribution in [0, 0.1) is 0 Å². The molecule has 1 amide bonds. The zero-order chi connectivity index (χ0) is 15.6. The zero-order valence-electron chi connectivity index (χ0n) is 12.7. The van der Waals surface area contributed by atoms with E-state index in [0.717, 1.165) is 23.2 Å². The summed E-state index contributed by atoms with van der Waals surface area (Å²) in [6.07, 6.45) is 0.871. The molecule has 0 atom stereocenters. The van der Waals surface area contributed by atoms with Gasteiger partial charge in [-0.15, -0.1) is 0 Å². The Kier molecular flexibility index (Phi) is 4.21. The number of amides is 1. The fourth-order valence-corrected chi connectivity index (χ4v) is 2.48. The van der Waals surface area contributed by atoms with Crippen molar-refractivity contribution in [2.45, 2.75) is 45.6 Å². The molecule has 0 aliphatic carbocycles. The fourth-order valence-electron chi connectivity index (χ4n) is 2.48. The quantitative estimate of drug-likeness (QED) is 0.929. The topological polar surface area (TPSA) is 66.8 Å². The molecule has 1 aliphatic heterocycles. The van der Waals surface area contributed by atoms with Crippen molar-refractivity contribution < 1.29 is 19.4 Å². The van der Waals surface area contributed by atoms with Gasteiger partial charge in [0, 0.05) is 13.0 Å². The molecular formula is C16H21NO4. The van der Waals surface area contributed by atoms with Gasteiger partial charge >= 0.3 is 12.1 Å². The normalized spacial score (nSPS) is 14.0. The molecule has 1 aliphatic rings. The third-order valence-electron chi connectivity index (χ3n) is 3.30. The van der Waals surface area contributed by atoms with E-state index in [-0.39, 0.29) is 12.5 Å². The number of ether oxygens (including phenoxy) is 1. The number of carboxylic acid groups (broad SMARTS) is 1. The Morgan fingerprint density at radius 2 is 2.05 bits per heavy atom. The van der Waals surface area contributed by atoms with Crippen LogP contribution in [-0.4, -0.2) is 29.3 Å². The van der Waals surface area contributed by atoms with Crippen molar-refractivity contribution in [3.05, 3.63) is 29.3 Å². The minimum Gasteiger partial charge on any atom is -0.481 e. The lowest BCUT2D eigenvalue weighted by molar-refractivity contribution is -0.136. The van der Waals surface area contributed by atoms with Crippen molar-refractivity contribution in [2.24, 2.45) is 0 Å². The Balaban J connectivity index is 2.24.